The first kappa shape index (κ1) is 16.4. The molecule has 0 saturated carbocycles. The molecule has 1 nitrogen and oxygen atoms in total. The Hall–Kier alpha value is -1.57. The summed E-state index contributed by atoms with van der Waals surface area (Å²) in [4.78, 5) is 0. The van der Waals surface area contributed by atoms with Crippen LogP contribution >= 0.6 is 0 Å². The van der Waals surface area contributed by atoms with Crippen molar-refractivity contribution in [1.29, 1.82) is 0 Å². The average Bonchev–Trinajstić information content (AvgIpc) is 2.44. The highest BCUT2D eigenvalue weighted by molar-refractivity contribution is 5.66. The molecule has 2 heteroatoms. The van der Waals surface area contributed by atoms with Gasteiger partial charge in [0.25, 0.3) is 0 Å². The standard InChI is InChI=1S/C12H12FN.2C2H6/c1-10-5-4-6-11(9-10)12-7-2-3-8-14(12)13;2*1-2/h2-7,9H,8H2,1H3;2*1-2H3. The van der Waals surface area contributed by atoms with Crippen LogP contribution in [-0.2, 0) is 0 Å². The molecule has 100 valence electrons. The lowest BCUT2D eigenvalue weighted by Crippen LogP contribution is -2.14. The molecular weight excluding hydrogens is 225 g/mol. The minimum absolute atomic E-state index is 0.333. The number of nitrogens with zero attached hydrogens (tertiary/aromatic N) is 1. The van der Waals surface area contributed by atoms with Crippen molar-refractivity contribution in [3.8, 4) is 0 Å². The number of hydrogen-bond acceptors (Lipinski definition) is 1. The summed E-state index contributed by atoms with van der Waals surface area (Å²) in [7, 11) is 0. The van der Waals surface area contributed by atoms with E-state index in [1.54, 1.807) is 12.2 Å². The van der Waals surface area contributed by atoms with Crippen molar-refractivity contribution in [1.82, 2.24) is 5.12 Å². The highest BCUT2D eigenvalue weighted by atomic mass is 19.2. The Kier molecular flexibility index (Phi) is 8.63. The highest BCUT2D eigenvalue weighted by Crippen LogP contribution is 2.22. The molecule has 0 fully saturated rings. The van der Waals surface area contributed by atoms with Crippen LogP contribution in [0.15, 0.2) is 42.5 Å². The Morgan fingerprint density at radius 2 is 1.78 bits per heavy atom. The van der Waals surface area contributed by atoms with Gasteiger partial charge in [-0.25, -0.2) is 5.12 Å². The topological polar surface area (TPSA) is 3.24 Å². The third-order valence-electron chi connectivity index (χ3n) is 2.23. The zero-order valence-corrected chi connectivity index (χ0v) is 12.1. The summed E-state index contributed by atoms with van der Waals surface area (Å²) in [6, 6.07) is 7.85. The lowest BCUT2D eigenvalue weighted by Gasteiger charge is -2.18. The molecule has 0 bridgehead atoms. The predicted molar refractivity (Wildman–Crippen MR) is 78.8 cm³/mol. The summed E-state index contributed by atoms with van der Waals surface area (Å²) in [6.07, 6.45) is 5.46. The minimum atomic E-state index is 0.333. The third kappa shape index (κ3) is 4.74. The first-order chi connectivity index (χ1) is 8.77. The van der Waals surface area contributed by atoms with Crippen LogP contribution in [0.2, 0.25) is 0 Å². The van der Waals surface area contributed by atoms with E-state index in [-0.39, 0.29) is 0 Å². The second-order valence-electron chi connectivity index (χ2n) is 3.39. The summed E-state index contributed by atoms with van der Waals surface area (Å²) in [6.45, 7) is 10.3. The maximum Gasteiger partial charge on any atom is 0.0763 e. The van der Waals surface area contributed by atoms with Gasteiger partial charge in [-0.1, -0.05) is 68.1 Å². The van der Waals surface area contributed by atoms with Crippen LogP contribution in [-0.4, -0.2) is 11.7 Å². The summed E-state index contributed by atoms with van der Waals surface area (Å²) < 4.78 is 13.4. The molecule has 0 atom stereocenters. The second-order valence-corrected chi connectivity index (χ2v) is 3.39. The molecule has 1 aromatic rings. The Balaban J connectivity index is 0.000000659. The normalized spacial score (nSPS) is 12.8. The van der Waals surface area contributed by atoms with E-state index in [1.807, 2.05) is 65.0 Å². The first-order valence-corrected chi connectivity index (χ1v) is 6.64. The molecule has 0 radical (unpaired) electrons. The Morgan fingerprint density at radius 3 is 2.33 bits per heavy atom. The van der Waals surface area contributed by atoms with Gasteiger partial charge in [-0.05, 0) is 19.1 Å². The third-order valence-corrected chi connectivity index (χ3v) is 2.23. The van der Waals surface area contributed by atoms with Crippen molar-refractivity contribution >= 4 is 5.70 Å². The minimum Gasteiger partial charge on any atom is -0.207 e. The van der Waals surface area contributed by atoms with Gasteiger partial charge in [-0.2, -0.15) is 0 Å². The summed E-state index contributed by atoms with van der Waals surface area (Å²) in [5.41, 5.74) is 2.71. The highest BCUT2D eigenvalue weighted by Gasteiger charge is 2.11. The van der Waals surface area contributed by atoms with Crippen LogP contribution in [0.4, 0.5) is 4.48 Å². The smallest absolute Gasteiger partial charge is 0.0763 e. The fourth-order valence-electron chi connectivity index (χ4n) is 1.53. The Morgan fingerprint density at radius 1 is 1.11 bits per heavy atom. The van der Waals surface area contributed by atoms with Crippen molar-refractivity contribution in [2.45, 2.75) is 34.6 Å². The lowest BCUT2D eigenvalue weighted by atomic mass is 10.1. The number of allylic oxidation sites excluding steroid dienone is 2. The zero-order valence-electron chi connectivity index (χ0n) is 12.1. The summed E-state index contributed by atoms with van der Waals surface area (Å²) in [5.74, 6) is 0. The Bertz CT molecular complexity index is 394. The van der Waals surface area contributed by atoms with E-state index in [0.717, 1.165) is 16.2 Å². The molecular formula is C16H24FN. The van der Waals surface area contributed by atoms with Crippen molar-refractivity contribution in [2.24, 2.45) is 0 Å². The molecule has 0 spiro atoms. The second kappa shape index (κ2) is 9.46. The number of halogens is 1. The fraction of sp³-hybridized carbons (Fsp3) is 0.375. The Labute approximate surface area is 111 Å². The van der Waals surface area contributed by atoms with Crippen LogP contribution in [0, 0.1) is 6.92 Å². The first-order valence-electron chi connectivity index (χ1n) is 6.64. The molecule has 0 N–H and O–H groups in total. The molecule has 0 saturated heterocycles. The molecule has 1 aliphatic rings. The number of aryl methyl sites for hydroxylation is 1. The van der Waals surface area contributed by atoms with Crippen molar-refractivity contribution in [3.05, 3.63) is 53.6 Å². The molecule has 1 aliphatic heterocycles. The largest absolute Gasteiger partial charge is 0.207 e. The fourth-order valence-corrected chi connectivity index (χ4v) is 1.53. The van der Waals surface area contributed by atoms with Crippen molar-refractivity contribution < 1.29 is 4.48 Å². The van der Waals surface area contributed by atoms with Gasteiger partial charge in [-0.3, -0.25) is 0 Å². The van der Waals surface area contributed by atoms with Gasteiger partial charge in [0, 0.05) is 5.56 Å². The summed E-state index contributed by atoms with van der Waals surface area (Å²) >= 11 is 0. The predicted octanol–water partition coefficient (Wildman–Crippen LogP) is 5.14. The quantitative estimate of drug-likeness (QED) is 0.622. The number of hydrogen-bond donors (Lipinski definition) is 0. The van der Waals surface area contributed by atoms with E-state index in [9.17, 15) is 4.48 Å². The lowest BCUT2D eigenvalue weighted by molar-refractivity contribution is 0.121. The van der Waals surface area contributed by atoms with E-state index >= 15 is 0 Å². The molecule has 0 unspecified atom stereocenters. The van der Waals surface area contributed by atoms with Crippen LogP contribution in [0.25, 0.3) is 5.70 Å². The van der Waals surface area contributed by atoms with E-state index in [4.69, 9.17) is 0 Å². The zero-order chi connectivity index (χ0) is 14.0. The van der Waals surface area contributed by atoms with Gasteiger partial charge in [0.1, 0.15) is 0 Å². The van der Waals surface area contributed by atoms with Gasteiger partial charge in [0.05, 0.1) is 12.2 Å². The molecule has 1 heterocycles. The number of benzene rings is 1. The van der Waals surface area contributed by atoms with Crippen LogP contribution in [0.1, 0.15) is 38.8 Å². The van der Waals surface area contributed by atoms with Crippen LogP contribution in [0.3, 0.4) is 0 Å². The molecule has 1 aromatic carbocycles. The van der Waals surface area contributed by atoms with Gasteiger partial charge >= 0.3 is 0 Å². The van der Waals surface area contributed by atoms with Crippen LogP contribution < -0.4 is 0 Å². The van der Waals surface area contributed by atoms with E-state index < -0.39 is 0 Å². The van der Waals surface area contributed by atoms with Crippen molar-refractivity contribution in [3.63, 3.8) is 0 Å². The van der Waals surface area contributed by atoms with E-state index in [1.165, 1.54) is 0 Å². The van der Waals surface area contributed by atoms with E-state index in [0.29, 0.717) is 12.2 Å². The maximum absolute atomic E-state index is 13.4. The monoisotopic (exact) mass is 249 g/mol. The maximum atomic E-state index is 13.4. The van der Waals surface area contributed by atoms with Gasteiger partial charge in [0.2, 0.25) is 0 Å². The molecule has 0 aliphatic carbocycles. The van der Waals surface area contributed by atoms with Gasteiger partial charge in [0.15, 0.2) is 0 Å². The van der Waals surface area contributed by atoms with Gasteiger partial charge < -0.3 is 0 Å². The molecule has 18 heavy (non-hydrogen) atoms. The van der Waals surface area contributed by atoms with E-state index in [2.05, 4.69) is 0 Å². The van der Waals surface area contributed by atoms with Crippen molar-refractivity contribution in [2.75, 3.05) is 6.54 Å². The number of rotatable bonds is 1. The summed E-state index contributed by atoms with van der Waals surface area (Å²) in [5, 5.41) is 0.759. The SMILES string of the molecule is CC.CC.Cc1cccc(C2=CC=CCN2F)c1. The van der Waals surface area contributed by atoms with Gasteiger partial charge in [-0.15, -0.1) is 0 Å². The average molecular weight is 249 g/mol. The molecule has 0 aromatic heterocycles. The molecule has 0 amide bonds. The molecule has 2 rings (SSSR count). The van der Waals surface area contributed by atoms with Crippen LogP contribution in [0.5, 0.6) is 0 Å².